The number of amides is 1. The van der Waals surface area contributed by atoms with Crippen LogP contribution < -0.4 is 10.1 Å². The first-order valence-corrected chi connectivity index (χ1v) is 10.3. The zero-order chi connectivity index (χ0) is 19.6. The third-order valence-corrected chi connectivity index (χ3v) is 4.53. The second-order valence-electron chi connectivity index (χ2n) is 6.16. The van der Waals surface area contributed by atoms with Crippen LogP contribution in [0.4, 0.5) is 5.69 Å². The van der Waals surface area contributed by atoms with Crippen LogP contribution >= 0.6 is 11.8 Å². The third kappa shape index (κ3) is 6.64. The van der Waals surface area contributed by atoms with E-state index in [1.54, 1.807) is 23.9 Å². The Morgan fingerprint density at radius 1 is 1.11 bits per heavy atom. The third-order valence-electron chi connectivity index (χ3n) is 3.91. The van der Waals surface area contributed by atoms with Crippen LogP contribution in [0.5, 0.6) is 5.75 Å². The minimum Gasteiger partial charge on any atom is -0.491 e. The maximum absolute atomic E-state index is 12.6. The van der Waals surface area contributed by atoms with Gasteiger partial charge in [-0.25, -0.2) is 0 Å². The first-order chi connectivity index (χ1) is 13.0. The van der Waals surface area contributed by atoms with Gasteiger partial charge in [-0.05, 0) is 54.5 Å². The summed E-state index contributed by atoms with van der Waals surface area (Å²) in [5.41, 5.74) is 3.13. The van der Waals surface area contributed by atoms with Crippen molar-refractivity contribution in [2.75, 3.05) is 18.2 Å². The molecule has 0 saturated heterocycles. The highest BCUT2D eigenvalue weighted by atomic mass is 32.2. The Balaban J connectivity index is 2.18. The monoisotopic (exact) mass is 387 g/mol. The zero-order valence-corrected chi connectivity index (χ0v) is 16.5. The van der Waals surface area contributed by atoms with Crippen molar-refractivity contribution < 1.29 is 19.4 Å². The van der Waals surface area contributed by atoms with Crippen LogP contribution in [-0.4, -0.2) is 29.8 Å². The summed E-state index contributed by atoms with van der Waals surface area (Å²) in [5.74, 6) is 0.422. The smallest absolute Gasteiger partial charge is 0.303 e. The lowest BCUT2D eigenvalue weighted by Crippen LogP contribution is -2.13. The predicted molar refractivity (Wildman–Crippen MR) is 110 cm³/mol. The molecule has 27 heavy (non-hydrogen) atoms. The van der Waals surface area contributed by atoms with Crippen molar-refractivity contribution in [2.45, 2.75) is 31.9 Å². The first kappa shape index (κ1) is 20.8. The number of nitrogens with one attached hydrogen (secondary N) is 1. The molecular weight excluding hydrogens is 362 g/mol. The maximum Gasteiger partial charge on any atom is 0.303 e. The zero-order valence-electron chi connectivity index (χ0n) is 15.7. The van der Waals surface area contributed by atoms with Crippen molar-refractivity contribution >= 4 is 29.3 Å². The van der Waals surface area contributed by atoms with E-state index in [0.29, 0.717) is 30.0 Å². The number of carbonyl (C=O) groups excluding carboxylic acids is 1. The van der Waals surface area contributed by atoms with Gasteiger partial charge in [0, 0.05) is 17.7 Å². The molecule has 2 aromatic carbocycles. The normalized spacial score (nSPS) is 10.4. The van der Waals surface area contributed by atoms with Gasteiger partial charge in [-0.15, -0.1) is 0 Å². The summed E-state index contributed by atoms with van der Waals surface area (Å²) in [5, 5.41) is 11.8. The average Bonchev–Trinajstić information content (AvgIpc) is 2.66. The van der Waals surface area contributed by atoms with Crippen LogP contribution in [0, 0.1) is 0 Å². The molecule has 5 nitrogen and oxygen atoms in total. The fourth-order valence-electron chi connectivity index (χ4n) is 2.53. The molecule has 1 amide bonds. The number of carbonyl (C=O) groups is 2. The molecule has 0 aromatic heterocycles. The van der Waals surface area contributed by atoms with E-state index in [-0.39, 0.29) is 12.3 Å². The number of rotatable bonds is 10. The number of hydrogen-bond donors (Lipinski definition) is 2. The number of aliphatic carboxylic acids is 1. The largest absolute Gasteiger partial charge is 0.491 e. The van der Waals surface area contributed by atoms with E-state index in [1.807, 2.05) is 43.5 Å². The average molecular weight is 388 g/mol. The Morgan fingerprint density at radius 2 is 1.81 bits per heavy atom. The van der Waals surface area contributed by atoms with Gasteiger partial charge in [-0.3, -0.25) is 9.59 Å². The number of ether oxygens (including phenoxy) is 1. The minimum atomic E-state index is -0.850. The Labute approximate surface area is 164 Å². The van der Waals surface area contributed by atoms with Crippen molar-refractivity contribution in [1.29, 1.82) is 0 Å². The molecule has 2 rings (SSSR count). The van der Waals surface area contributed by atoms with Crippen LogP contribution in [-0.2, 0) is 17.0 Å². The summed E-state index contributed by atoms with van der Waals surface area (Å²) in [7, 11) is 0. The first-order valence-electron chi connectivity index (χ1n) is 8.90. The lowest BCUT2D eigenvalue weighted by atomic mass is 10.1. The number of carboxylic acid groups (broad SMARTS) is 1. The van der Waals surface area contributed by atoms with Crippen LogP contribution in [0.3, 0.4) is 0 Å². The van der Waals surface area contributed by atoms with Gasteiger partial charge in [0.2, 0.25) is 0 Å². The van der Waals surface area contributed by atoms with Gasteiger partial charge in [0.15, 0.2) is 0 Å². The van der Waals surface area contributed by atoms with Crippen LogP contribution in [0.25, 0.3) is 0 Å². The highest BCUT2D eigenvalue weighted by Crippen LogP contribution is 2.27. The standard InChI is InChI=1S/C21H25NO4S/c1-3-12-26-19-10-6-15(7-11-20(23)24)13-18(19)22-21(25)17-8-4-16(5-9-17)14-27-2/h4-6,8-10,13H,3,7,11-12,14H2,1-2H3,(H,22,25)(H,23,24). The van der Waals surface area contributed by atoms with Gasteiger partial charge in [-0.2, -0.15) is 11.8 Å². The molecular formula is C21H25NO4S. The second-order valence-corrected chi connectivity index (χ2v) is 7.02. The molecule has 0 radical (unpaired) electrons. The molecule has 144 valence electrons. The molecule has 0 spiro atoms. The van der Waals surface area contributed by atoms with E-state index in [0.717, 1.165) is 17.7 Å². The fourth-order valence-corrected chi connectivity index (χ4v) is 3.06. The van der Waals surface area contributed by atoms with Gasteiger partial charge in [0.25, 0.3) is 5.91 Å². The van der Waals surface area contributed by atoms with Crippen LogP contribution in [0.2, 0.25) is 0 Å². The summed E-state index contributed by atoms with van der Waals surface area (Å²) in [4.78, 5) is 23.4. The molecule has 0 aliphatic carbocycles. The molecule has 6 heteroatoms. The molecule has 0 aliphatic heterocycles. The molecule has 0 heterocycles. The summed E-state index contributed by atoms with van der Waals surface area (Å²) < 4.78 is 5.72. The molecule has 0 saturated carbocycles. The highest BCUT2D eigenvalue weighted by molar-refractivity contribution is 7.97. The summed E-state index contributed by atoms with van der Waals surface area (Å²) >= 11 is 1.73. The number of aryl methyl sites for hydroxylation is 1. The maximum atomic E-state index is 12.6. The van der Waals surface area contributed by atoms with Crippen molar-refractivity contribution in [1.82, 2.24) is 0 Å². The molecule has 0 fully saturated rings. The Kier molecular flexibility index (Phi) is 8.20. The van der Waals surface area contributed by atoms with Crippen molar-refractivity contribution in [2.24, 2.45) is 0 Å². The number of benzene rings is 2. The Hall–Kier alpha value is -2.47. The van der Waals surface area contributed by atoms with Crippen LogP contribution in [0.15, 0.2) is 42.5 Å². The van der Waals surface area contributed by atoms with Crippen molar-refractivity contribution in [3.8, 4) is 5.75 Å². The van der Waals surface area contributed by atoms with Crippen LogP contribution in [0.1, 0.15) is 41.3 Å². The molecule has 0 aliphatic rings. The summed E-state index contributed by atoms with van der Waals surface area (Å²) in [6.07, 6.45) is 3.33. The fraction of sp³-hybridized carbons (Fsp3) is 0.333. The van der Waals surface area contributed by atoms with Gasteiger partial charge in [0.1, 0.15) is 5.75 Å². The van der Waals surface area contributed by atoms with Gasteiger partial charge < -0.3 is 15.2 Å². The van der Waals surface area contributed by atoms with Crippen molar-refractivity contribution in [3.63, 3.8) is 0 Å². The van der Waals surface area contributed by atoms with Gasteiger partial charge in [0.05, 0.1) is 12.3 Å². The Bertz CT molecular complexity index is 774. The minimum absolute atomic E-state index is 0.0411. The van der Waals surface area contributed by atoms with E-state index < -0.39 is 5.97 Å². The topological polar surface area (TPSA) is 75.6 Å². The van der Waals surface area contributed by atoms with E-state index in [9.17, 15) is 9.59 Å². The second kappa shape index (κ2) is 10.6. The van der Waals surface area contributed by atoms with Gasteiger partial charge >= 0.3 is 5.97 Å². The van der Waals surface area contributed by atoms with Gasteiger partial charge in [-0.1, -0.05) is 25.1 Å². The van der Waals surface area contributed by atoms with E-state index in [1.165, 1.54) is 5.56 Å². The number of anilines is 1. The SMILES string of the molecule is CCCOc1ccc(CCC(=O)O)cc1NC(=O)c1ccc(CSC)cc1. The number of hydrogen-bond acceptors (Lipinski definition) is 4. The van der Waals surface area contributed by atoms with E-state index >= 15 is 0 Å². The quantitative estimate of drug-likeness (QED) is 0.623. The molecule has 2 N–H and O–H groups in total. The van der Waals surface area contributed by atoms with E-state index in [2.05, 4.69) is 5.32 Å². The number of carboxylic acids is 1. The lowest BCUT2D eigenvalue weighted by molar-refractivity contribution is -0.136. The van der Waals surface area contributed by atoms with E-state index in [4.69, 9.17) is 9.84 Å². The molecule has 0 bridgehead atoms. The number of thioether (sulfide) groups is 1. The highest BCUT2D eigenvalue weighted by Gasteiger charge is 2.12. The molecule has 0 unspecified atom stereocenters. The lowest BCUT2D eigenvalue weighted by Gasteiger charge is -2.14. The molecule has 0 atom stereocenters. The summed E-state index contributed by atoms with van der Waals surface area (Å²) in [6.45, 7) is 2.55. The molecule has 2 aromatic rings. The predicted octanol–water partition coefficient (Wildman–Crippen LogP) is 4.61. The summed E-state index contributed by atoms with van der Waals surface area (Å²) in [6, 6.07) is 12.9. The van der Waals surface area contributed by atoms with Crippen molar-refractivity contribution in [3.05, 3.63) is 59.2 Å². The Morgan fingerprint density at radius 3 is 2.44 bits per heavy atom.